The Kier molecular flexibility index (Phi) is 7.35. The topological polar surface area (TPSA) is 58.9 Å². The zero-order valence-corrected chi connectivity index (χ0v) is 9.62. The van der Waals surface area contributed by atoms with Gasteiger partial charge >= 0.3 is 0 Å². The molecule has 2 N–H and O–H groups in total. The first-order valence-corrected chi connectivity index (χ1v) is 4.85. The lowest BCUT2D eigenvalue weighted by molar-refractivity contribution is -0.136. The molecule has 0 bridgehead atoms. The second-order valence-electron chi connectivity index (χ2n) is 3.52. The van der Waals surface area contributed by atoms with Crippen LogP contribution in [0, 0.1) is 17.3 Å². The molecule has 0 fully saturated rings. The third-order valence-corrected chi connectivity index (χ3v) is 2.44. The van der Waals surface area contributed by atoms with Crippen LogP contribution >= 0.6 is 0 Å². The van der Waals surface area contributed by atoms with E-state index >= 15 is 0 Å². The number of aliphatic hydroxyl groups is 2. The lowest BCUT2D eigenvalue weighted by atomic mass is 9.82. The SMILES string of the molecule is CC#CCC(CO)(CO)CC(OC)OC. The molecule has 15 heavy (non-hydrogen) atoms. The second kappa shape index (κ2) is 7.66. The highest BCUT2D eigenvalue weighted by Crippen LogP contribution is 2.28. The summed E-state index contributed by atoms with van der Waals surface area (Å²) < 4.78 is 10.1. The van der Waals surface area contributed by atoms with Crippen molar-refractivity contribution >= 4 is 0 Å². The zero-order valence-electron chi connectivity index (χ0n) is 9.62. The van der Waals surface area contributed by atoms with Crippen LogP contribution in [-0.2, 0) is 9.47 Å². The van der Waals surface area contributed by atoms with Crippen LogP contribution in [0.2, 0.25) is 0 Å². The summed E-state index contributed by atoms with van der Waals surface area (Å²) in [5, 5.41) is 18.6. The summed E-state index contributed by atoms with van der Waals surface area (Å²) >= 11 is 0. The van der Waals surface area contributed by atoms with Crippen LogP contribution in [0.25, 0.3) is 0 Å². The summed E-state index contributed by atoms with van der Waals surface area (Å²) in [4.78, 5) is 0. The lowest BCUT2D eigenvalue weighted by Gasteiger charge is -2.30. The van der Waals surface area contributed by atoms with E-state index in [-0.39, 0.29) is 13.2 Å². The van der Waals surface area contributed by atoms with E-state index in [4.69, 9.17) is 9.47 Å². The molecule has 0 amide bonds. The minimum Gasteiger partial charge on any atom is -0.396 e. The molecule has 4 nitrogen and oxygen atoms in total. The van der Waals surface area contributed by atoms with Crippen molar-refractivity contribution in [3.8, 4) is 11.8 Å². The van der Waals surface area contributed by atoms with Gasteiger partial charge in [-0.3, -0.25) is 0 Å². The number of hydrogen-bond acceptors (Lipinski definition) is 4. The molecule has 4 heteroatoms. The van der Waals surface area contributed by atoms with Crippen molar-refractivity contribution in [2.24, 2.45) is 5.41 Å². The van der Waals surface area contributed by atoms with Crippen molar-refractivity contribution in [1.29, 1.82) is 0 Å². The van der Waals surface area contributed by atoms with E-state index in [9.17, 15) is 10.2 Å². The molecule has 0 atom stereocenters. The van der Waals surface area contributed by atoms with Crippen molar-refractivity contribution in [1.82, 2.24) is 0 Å². The Balaban J connectivity index is 4.51. The summed E-state index contributed by atoms with van der Waals surface area (Å²) in [5.74, 6) is 5.61. The van der Waals surface area contributed by atoms with Crippen LogP contribution in [0.4, 0.5) is 0 Å². The van der Waals surface area contributed by atoms with Crippen LogP contribution in [0.15, 0.2) is 0 Å². The summed E-state index contributed by atoms with van der Waals surface area (Å²) in [7, 11) is 3.05. The number of hydrogen-bond donors (Lipinski definition) is 2. The Morgan fingerprint density at radius 1 is 1.20 bits per heavy atom. The molecule has 88 valence electrons. The van der Waals surface area contributed by atoms with Gasteiger partial charge in [0.25, 0.3) is 0 Å². The molecule has 0 heterocycles. The Labute approximate surface area is 91.2 Å². The van der Waals surface area contributed by atoms with Crippen LogP contribution in [-0.4, -0.2) is 43.9 Å². The van der Waals surface area contributed by atoms with E-state index in [1.165, 1.54) is 14.2 Å². The van der Waals surface area contributed by atoms with Gasteiger partial charge in [0.1, 0.15) is 0 Å². The molecule has 0 aliphatic rings. The molecule has 0 unspecified atom stereocenters. The van der Waals surface area contributed by atoms with Gasteiger partial charge in [-0.1, -0.05) is 0 Å². The highest BCUT2D eigenvalue weighted by Gasteiger charge is 2.31. The third kappa shape index (κ3) is 4.63. The maximum Gasteiger partial charge on any atom is 0.157 e. The van der Waals surface area contributed by atoms with Crippen LogP contribution in [0.1, 0.15) is 19.8 Å². The fourth-order valence-electron chi connectivity index (χ4n) is 1.26. The predicted octanol–water partition coefficient (Wildman–Crippen LogP) is 0.380. The molecule has 0 spiro atoms. The number of rotatable bonds is 7. The Bertz CT molecular complexity index is 208. The first-order chi connectivity index (χ1) is 7.17. The van der Waals surface area contributed by atoms with Gasteiger partial charge in [-0.25, -0.2) is 0 Å². The normalized spacial score (nSPS) is 11.3. The van der Waals surface area contributed by atoms with E-state index in [0.717, 1.165) is 0 Å². The molecule has 0 saturated heterocycles. The van der Waals surface area contributed by atoms with Gasteiger partial charge in [0.15, 0.2) is 6.29 Å². The number of ether oxygens (including phenoxy) is 2. The molecular formula is C11H20O4. The Morgan fingerprint density at radius 3 is 2.07 bits per heavy atom. The second-order valence-corrected chi connectivity index (χ2v) is 3.52. The van der Waals surface area contributed by atoms with E-state index in [1.807, 2.05) is 0 Å². The molecule has 0 aliphatic carbocycles. The van der Waals surface area contributed by atoms with Crippen LogP contribution in [0.5, 0.6) is 0 Å². The predicted molar refractivity (Wildman–Crippen MR) is 57.1 cm³/mol. The molecule has 0 radical (unpaired) electrons. The van der Waals surface area contributed by atoms with Crippen LogP contribution in [0.3, 0.4) is 0 Å². The van der Waals surface area contributed by atoms with Crippen LogP contribution < -0.4 is 0 Å². The molecule has 0 aliphatic heterocycles. The monoisotopic (exact) mass is 216 g/mol. The maximum atomic E-state index is 9.30. The summed E-state index contributed by atoms with van der Waals surface area (Å²) in [5.41, 5.74) is -0.653. The van der Waals surface area contributed by atoms with Crippen molar-refractivity contribution in [2.45, 2.75) is 26.1 Å². The van der Waals surface area contributed by atoms with Gasteiger partial charge < -0.3 is 19.7 Å². The van der Waals surface area contributed by atoms with Crippen molar-refractivity contribution in [3.05, 3.63) is 0 Å². The Hall–Kier alpha value is -0.600. The standard InChI is InChI=1S/C11H20O4/c1-4-5-6-11(8-12,9-13)7-10(14-2)15-3/h10,12-13H,6-9H2,1-3H3. The van der Waals surface area contributed by atoms with E-state index in [1.54, 1.807) is 6.92 Å². The van der Waals surface area contributed by atoms with Gasteiger partial charge in [0.05, 0.1) is 13.2 Å². The summed E-state index contributed by atoms with van der Waals surface area (Å²) in [6.07, 6.45) is 0.421. The van der Waals surface area contributed by atoms with Gasteiger partial charge in [-0.2, -0.15) is 0 Å². The quantitative estimate of drug-likeness (QED) is 0.477. The van der Waals surface area contributed by atoms with Gasteiger partial charge in [0.2, 0.25) is 0 Å². The minimum absolute atomic E-state index is 0.137. The van der Waals surface area contributed by atoms with Gasteiger partial charge in [-0.05, 0) is 6.92 Å². The molecule has 0 rings (SSSR count). The lowest BCUT2D eigenvalue weighted by Crippen LogP contribution is -2.35. The molecule has 0 aromatic carbocycles. The maximum absolute atomic E-state index is 9.30. The van der Waals surface area contributed by atoms with E-state index in [0.29, 0.717) is 12.8 Å². The Morgan fingerprint density at radius 2 is 1.73 bits per heavy atom. The first-order valence-electron chi connectivity index (χ1n) is 4.85. The van der Waals surface area contributed by atoms with Gasteiger partial charge in [-0.15, -0.1) is 11.8 Å². The molecule has 0 aromatic heterocycles. The highest BCUT2D eigenvalue weighted by molar-refractivity contribution is 5.01. The van der Waals surface area contributed by atoms with Crippen molar-refractivity contribution < 1.29 is 19.7 Å². The number of aliphatic hydroxyl groups excluding tert-OH is 2. The largest absolute Gasteiger partial charge is 0.396 e. The zero-order chi connectivity index (χ0) is 11.7. The first kappa shape index (κ1) is 14.4. The molecule has 0 aromatic rings. The number of methoxy groups -OCH3 is 2. The smallest absolute Gasteiger partial charge is 0.157 e. The van der Waals surface area contributed by atoms with Crippen molar-refractivity contribution in [2.75, 3.05) is 27.4 Å². The van der Waals surface area contributed by atoms with E-state index in [2.05, 4.69) is 11.8 Å². The summed E-state index contributed by atoms with van der Waals surface area (Å²) in [6, 6.07) is 0. The average Bonchev–Trinajstić information content (AvgIpc) is 2.30. The molecular weight excluding hydrogens is 196 g/mol. The average molecular weight is 216 g/mol. The van der Waals surface area contributed by atoms with Gasteiger partial charge in [0, 0.05) is 32.5 Å². The fraction of sp³-hybridized carbons (Fsp3) is 0.818. The fourth-order valence-corrected chi connectivity index (χ4v) is 1.26. The summed E-state index contributed by atoms with van der Waals surface area (Å²) in [6.45, 7) is 1.45. The molecule has 0 saturated carbocycles. The highest BCUT2D eigenvalue weighted by atomic mass is 16.7. The minimum atomic E-state index is -0.653. The third-order valence-electron chi connectivity index (χ3n) is 2.44. The van der Waals surface area contributed by atoms with E-state index < -0.39 is 11.7 Å². The van der Waals surface area contributed by atoms with Crippen molar-refractivity contribution in [3.63, 3.8) is 0 Å².